The minimum Gasteiger partial charge on any atom is -0.364 e. The molecule has 2 heterocycles. The summed E-state index contributed by atoms with van der Waals surface area (Å²) in [6.45, 7) is 7.57. The van der Waals surface area contributed by atoms with Crippen molar-refractivity contribution < 1.29 is 12.9 Å². The zero-order valence-electron chi connectivity index (χ0n) is 16.5. The molecule has 0 saturated heterocycles. The molecule has 0 aliphatic heterocycles. The highest BCUT2D eigenvalue weighted by molar-refractivity contribution is 7.98. The summed E-state index contributed by atoms with van der Waals surface area (Å²) < 4.78 is 34.2. The van der Waals surface area contributed by atoms with Gasteiger partial charge in [0.2, 0.25) is 10.0 Å². The van der Waals surface area contributed by atoms with E-state index in [9.17, 15) is 8.42 Å². The number of benzene rings is 1. The van der Waals surface area contributed by atoms with Gasteiger partial charge in [0.15, 0.2) is 5.16 Å². The third-order valence-corrected chi connectivity index (χ3v) is 7.66. The monoisotopic (exact) mass is 422 g/mol. The summed E-state index contributed by atoms with van der Waals surface area (Å²) in [4.78, 5) is 5.02. The maximum Gasteiger partial charge on any atom is 0.243 e. The summed E-state index contributed by atoms with van der Waals surface area (Å²) >= 11 is 1.58. The topological polar surface area (TPSA) is 81.2 Å². The number of hydrogen-bond donors (Lipinski definition) is 0. The van der Waals surface area contributed by atoms with Gasteiger partial charge in [-0.05, 0) is 24.6 Å². The highest BCUT2D eigenvalue weighted by atomic mass is 32.2. The molecule has 0 saturated carbocycles. The van der Waals surface area contributed by atoms with Crippen molar-refractivity contribution in [3.63, 3.8) is 0 Å². The van der Waals surface area contributed by atoms with Gasteiger partial charge in [-0.15, -0.1) is 0 Å². The van der Waals surface area contributed by atoms with Crippen LogP contribution in [0.25, 0.3) is 11.0 Å². The van der Waals surface area contributed by atoms with Gasteiger partial charge in [0.25, 0.3) is 0 Å². The van der Waals surface area contributed by atoms with Crippen molar-refractivity contribution in [1.29, 1.82) is 0 Å². The highest BCUT2D eigenvalue weighted by Gasteiger charge is 2.23. The molecule has 0 amide bonds. The second-order valence-electron chi connectivity index (χ2n) is 6.42. The Morgan fingerprint density at radius 1 is 1.18 bits per heavy atom. The number of nitrogens with zero attached hydrogens (tertiary/aromatic N) is 4. The molecule has 0 fully saturated rings. The number of aryl methyl sites for hydroxylation is 1. The smallest absolute Gasteiger partial charge is 0.243 e. The van der Waals surface area contributed by atoms with Crippen LogP contribution in [-0.2, 0) is 22.3 Å². The van der Waals surface area contributed by atoms with Crippen molar-refractivity contribution >= 4 is 32.8 Å². The predicted molar refractivity (Wildman–Crippen MR) is 111 cm³/mol. The van der Waals surface area contributed by atoms with Crippen molar-refractivity contribution in [2.75, 3.05) is 13.1 Å². The molecule has 0 bridgehead atoms. The Bertz CT molecular complexity index is 1010. The first-order chi connectivity index (χ1) is 13.5. The molecule has 1 aromatic carbocycles. The van der Waals surface area contributed by atoms with Crippen LogP contribution >= 0.6 is 11.8 Å². The maximum absolute atomic E-state index is 12.9. The van der Waals surface area contributed by atoms with Gasteiger partial charge in [-0.2, -0.15) is 4.31 Å². The highest BCUT2D eigenvalue weighted by Crippen LogP contribution is 2.29. The molecular weight excluding hydrogens is 396 g/mol. The van der Waals surface area contributed by atoms with Crippen molar-refractivity contribution in [2.24, 2.45) is 0 Å². The van der Waals surface area contributed by atoms with E-state index in [2.05, 4.69) is 16.6 Å². The van der Waals surface area contributed by atoms with Crippen LogP contribution in [0.1, 0.15) is 39.3 Å². The lowest BCUT2D eigenvalue weighted by Gasteiger charge is -2.18. The Hall–Kier alpha value is -1.84. The zero-order valence-corrected chi connectivity index (χ0v) is 18.1. The lowest BCUT2D eigenvalue weighted by Crippen LogP contribution is -2.30. The van der Waals surface area contributed by atoms with E-state index >= 15 is 0 Å². The van der Waals surface area contributed by atoms with E-state index < -0.39 is 10.0 Å². The lowest BCUT2D eigenvalue weighted by atomic mass is 10.3. The normalized spacial score (nSPS) is 12.3. The minimum atomic E-state index is -3.51. The fraction of sp³-hybridized carbons (Fsp3) is 0.474. The molecule has 7 nitrogen and oxygen atoms in total. The molecule has 0 aliphatic rings. The Balaban J connectivity index is 1.98. The van der Waals surface area contributed by atoms with Gasteiger partial charge < -0.3 is 9.09 Å². The summed E-state index contributed by atoms with van der Waals surface area (Å²) in [5, 5.41) is 4.81. The molecule has 152 valence electrons. The number of imidazole rings is 1. The average molecular weight is 423 g/mol. The van der Waals surface area contributed by atoms with Crippen LogP contribution < -0.4 is 0 Å². The first-order valence-electron chi connectivity index (χ1n) is 9.53. The first kappa shape index (κ1) is 20.9. The number of thioether (sulfide) groups is 1. The van der Waals surface area contributed by atoms with Gasteiger partial charge in [-0.25, -0.2) is 13.4 Å². The van der Waals surface area contributed by atoms with E-state index in [0.717, 1.165) is 35.8 Å². The standard InChI is InChI=1S/C19H26N4O3S2/c1-4-7-11-23-18-9-8-16(28(24,25)22(5-2)6-3)13-17(18)20-19(23)27-14-15-10-12-26-21-15/h8-10,12-13H,4-7,11,14H2,1-3H3. The van der Waals surface area contributed by atoms with Gasteiger partial charge in [0.1, 0.15) is 6.26 Å². The van der Waals surface area contributed by atoms with E-state index in [4.69, 9.17) is 9.51 Å². The largest absolute Gasteiger partial charge is 0.364 e. The number of unbranched alkanes of at least 4 members (excludes halogenated alkanes) is 1. The number of aromatic nitrogens is 3. The number of rotatable bonds is 10. The van der Waals surface area contributed by atoms with Crippen LogP contribution in [0.4, 0.5) is 0 Å². The molecular formula is C19H26N4O3S2. The van der Waals surface area contributed by atoms with Crippen molar-refractivity contribution in [2.45, 2.75) is 56.0 Å². The van der Waals surface area contributed by atoms with Crippen LogP contribution in [0.5, 0.6) is 0 Å². The maximum atomic E-state index is 12.9. The first-order valence-corrected chi connectivity index (χ1v) is 12.0. The predicted octanol–water partition coefficient (Wildman–Crippen LogP) is 4.15. The Kier molecular flexibility index (Phi) is 6.79. The summed E-state index contributed by atoms with van der Waals surface area (Å²) in [6, 6.07) is 7.08. The Labute approximate surface area is 170 Å². The second-order valence-corrected chi connectivity index (χ2v) is 9.30. The quantitative estimate of drug-likeness (QED) is 0.457. The third kappa shape index (κ3) is 4.26. The molecule has 0 unspecified atom stereocenters. The van der Waals surface area contributed by atoms with Gasteiger partial charge in [-0.1, -0.05) is 44.1 Å². The Morgan fingerprint density at radius 2 is 1.96 bits per heavy atom. The third-order valence-electron chi connectivity index (χ3n) is 4.60. The molecule has 0 atom stereocenters. The van der Waals surface area contributed by atoms with Crippen molar-refractivity contribution in [1.82, 2.24) is 19.0 Å². The van der Waals surface area contributed by atoms with Crippen LogP contribution in [-0.4, -0.2) is 40.5 Å². The molecule has 0 spiro atoms. The molecule has 2 aromatic heterocycles. The van der Waals surface area contributed by atoms with Crippen LogP contribution in [0, 0.1) is 0 Å². The number of hydrogen-bond acceptors (Lipinski definition) is 6. The molecule has 0 aliphatic carbocycles. The summed E-state index contributed by atoms with van der Waals surface area (Å²) in [6.07, 6.45) is 3.66. The van der Waals surface area contributed by atoms with Crippen molar-refractivity contribution in [3.8, 4) is 0 Å². The van der Waals surface area contributed by atoms with Gasteiger partial charge in [0.05, 0.1) is 21.6 Å². The number of sulfonamides is 1. The van der Waals surface area contributed by atoms with E-state index in [-0.39, 0.29) is 4.90 Å². The minimum absolute atomic E-state index is 0.289. The van der Waals surface area contributed by atoms with Crippen LogP contribution in [0.3, 0.4) is 0 Å². The van der Waals surface area contributed by atoms with E-state index in [1.165, 1.54) is 4.31 Å². The average Bonchev–Trinajstić information content (AvgIpc) is 3.32. The van der Waals surface area contributed by atoms with E-state index in [1.54, 1.807) is 30.2 Å². The van der Waals surface area contributed by atoms with E-state index in [1.807, 2.05) is 26.0 Å². The summed E-state index contributed by atoms with van der Waals surface area (Å²) in [5.41, 5.74) is 2.51. The number of fused-ring (bicyclic) bond motifs is 1. The van der Waals surface area contributed by atoms with Crippen LogP contribution in [0.2, 0.25) is 0 Å². The second kappa shape index (κ2) is 9.11. The van der Waals surface area contributed by atoms with Crippen LogP contribution in [0.15, 0.2) is 45.1 Å². The van der Waals surface area contributed by atoms with E-state index in [0.29, 0.717) is 24.4 Å². The molecule has 3 aromatic rings. The van der Waals surface area contributed by atoms with Crippen molar-refractivity contribution in [3.05, 3.63) is 36.2 Å². The fourth-order valence-electron chi connectivity index (χ4n) is 3.05. The lowest BCUT2D eigenvalue weighted by molar-refractivity contribution is 0.414. The molecule has 0 radical (unpaired) electrons. The molecule has 28 heavy (non-hydrogen) atoms. The fourth-order valence-corrected chi connectivity index (χ4v) is 5.47. The summed E-state index contributed by atoms with van der Waals surface area (Å²) in [7, 11) is -3.51. The molecule has 9 heteroatoms. The SMILES string of the molecule is CCCCn1c(SCc2ccon2)nc2cc(S(=O)(=O)N(CC)CC)ccc21. The summed E-state index contributed by atoms with van der Waals surface area (Å²) in [5.74, 6) is 0.649. The zero-order chi connectivity index (χ0) is 20.1. The van der Waals surface area contributed by atoms with Gasteiger partial charge >= 0.3 is 0 Å². The molecule has 0 N–H and O–H groups in total. The Morgan fingerprint density at radius 3 is 2.61 bits per heavy atom. The van der Waals surface area contributed by atoms with Gasteiger partial charge in [0, 0.05) is 31.5 Å². The molecule has 3 rings (SSSR count). The van der Waals surface area contributed by atoms with Gasteiger partial charge in [-0.3, -0.25) is 0 Å².